The molecule has 4 nitrogen and oxygen atoms in total. The summed E-state index contributed by atoms with van der Waals surface area (Å²) in [6.07, 6.45) is -6.16. The molecule has 0 aromatic heterocycles. The van der Waals surface area contributed by atoms with E-state index in [-0.39, 0.29) is 0 Å². The molecule has 0 heterocycles. The van der Waals surface area contributed by atoms with Gasteiger partial charge in [-0.1, -0.05) is 6.07 Å². The van der Waals surface area contributed by atoms with Gasteiger partial charge in [-0.15, -0.1) is 0 Å². The molecule has 0 aliphatic heterocycles. The predicted molar refractivity (Wildman–Crippen MR) is 53.0 cm³/mol. The van der Waals surface area contributed by atoms with Crippen LogP contribution in [0.3, 0.4) is 0 Å². The van der Waals surface area contributed by atoms with Gasteiger partial charge in [0.25, 0.3) is 0 Å². The van der Waals surface area contributed by atoms with Crippen molar-refractivity contribution in [2.45, 2.75) is 12.1 Å². The van der Waals surface area contributed by atoms with Crippen LogP contribution in [0, 0.1) is 5.82 Å². The predicted octanol–water partition coefficient (Wildman–Crippen LogP) is 2.66. The highest BCUT2D eigenvalue weighted by Gasteiger charge is 2.63. The molecule has 0 unspecified atom stereocenters. The molecule has 0 bridgehead atoms. The van der Waals surface area contributed by atoms with Crippen LogP contribution in [0.25, 0.3) is 0 Å². The van der Waals surface area contributed by atoms with E-state index in [0.29, 0.717) is 12.1 Å². The minimum atomic E-state index is -6.16. The van der Waals surface area contributed by atoms with Crippen molar-refractivity contribution in [1.82, 2.24) is 0 Å². The number of hydrogen-bond donors (Lipinski definition) is 2. The highest BCUT2D eigenvalue weighted by molar-refractivity contribution is 6.03. The Balaban J connectivity index is 3.16. The average molecular weight is 301 g/mol. The standard InChI is InChI=1S/C10H5F6NO3/c11-4-2-1-3-5(6(4)7(18)19)17-8(20)9(12,13)10(14,15)16/h1-3H,(H,17,20)(H,18,19). The number of rotatable bonds is 3. The lowest BCUT2D eigenvalue weighted by Crippen LogP contribution is -2.47. The molecule has 2 N–H and O–H groups in total. The lowest BCUT2D eigenvalue weighted by molar-refractivity contribution is -0.267. The van der Waals surface area contributed by atoms with Crippen LogP contribution < -0.4 is 5.32 Å². The van der Waals surface area contributed by atoms with Crippen molar-refractivity contribution >= 4 is 17.6 Å². The van der Waals surface area contributed by atoms with Gasteiger partial charge in [-0.05, 0) is 12.1 Å². The summed E-state index contributed by atoms with van der Waals surface area (Å²) >= 11 is 0. The van der Waals surface area contributed by atoms with Crippen LogP contribution in [0.5, 0.6) is 0 Å². The number of amides is 1. The molecule has 0 fully saturated rings. The van der Waals surface area contributed by atoms with Crippen molar-refractivity contribution < 1.29 is 41.0 Å². The summed E-state index contributed by atoms with van der Waals surface area (Å²) in [6, 6.07) is 2.15. The highest BCUT2D eigenvalue weighted by Crippen LogP contribution is 2.36. The number of benzene rings is 1. The summed E-state index contributed by atoms with van der Waals surface area (Å²) in [6.45, 7) is 0. The van der Waals surface area contributed by atoms with E-state index in [2.05, 4.69) is 0 Å². The Morgan fingerprint density at radius 2 is 1.65 bits per heavy atom. The molecule has 110 valence electrons. The first-order chi connectivity index (χ1) is 8.98. The zero-order valence-electron chi connectivity index (χ0n) is 9.26. The van der Waals surface area contributed by atoms with Crippen molar-refractivity contribution in [1.29, 1.82) is 0 Å². The van der Waals surface area contributed by atoms with Gasteiger partial charge < -0.3 is 10.4 Å². The van der Waals surface area contributed by atoms with Crippen LogP contribution in [0.2, 0.25) is 0 Å². The third-order valence-electron chi connectivity index (χ3n) is 2.12. The van der Waals surface area contributed by atoms with Crippen molar-refractivity contribution in [3.05, 3.63) is 29.6 Å². The van der Waals surface area contributed by atoms with Crippen LogP contribution >= 0.6 is 0 Å². The Morgan fingerprint density at radius 1 is 1.10 bits per heavy atom. The van der Waals surface area contributed by atoms with Gasteiger partial charge in [0.2, 0.25) is 0 Å². The largest absolute Gasteiger partial charge is 0.478 e. The maximum atomic E-state index is 13.1. The normalized spacial score (nSPS) is 12.1. The third kappa shape index (κ3) is 2.83. The average Bonchev–Trinajstić information content (AvgIpc) is 2.26. The van der Waals surface area contributed by atoms with Crippen LogP contribution in [-0.4, -0.2) is 29.1 Å². The Kier molecular flexibility index (Phi) is 3.97. The molecule has 0 atom stereocenters. The maximum absolute atomic E-state index is 13.1. The Morgan fingerprint density at radius 3 is 2.10 bits per heavy atom. The quantitative estimate of drug-likeness (QED) is 0.843. The van der Waals surface area contributed by atoms with Gasteiger partial charge in [-0.2, -0.15) is 22.0 Å². The summed E-state index contributed by atoms with van der Waals surface area (Å²) in [5.74, 6) is -11.9. The first-order valence-corrected chi connectivity index (χ1v) is 4.76. The second-order valence-corrected chi connectivity index (χ2v) is 3.49. The highest BCUT2D eigenvalue weighted by atomic mass is 19.4. The maximum Gasteiger partial charge on any atom is 0.463 e. The number of carbonyl (C=O) groups excluding carboxylic acids is 1. The van der Waals surface area contributed by atoms with Crippen molar-refractivity contribution in [3.63, 3.8) is 0 Å². The van der Waals surface area contributed by atoms with Crippen LogP contribution in [0.4, 0.5) is 32.0 Å². The lowest BCUT2D eigenvalue weighted by atomic mass is 10.1. The summed E-state index contributed by atoms with van der Waals surface area (Å²) in [5.41, 5.74) is -2.23. The number of aromatic carboxylic acids is 1. The molecule has 0 saturated carbocycles. The van der Waals surface area contributed by atoms with Crippen LogP contribution in [0.1, 0.15) is 10.4 Å². The number of carboxylic acid groups (broad SMARTS) is 1. The van der Waals surface area contributed by atoms with Gasteiger partial charge in [0.15, 0.2) is 0 Å². The zero-order valence-corrected chi connectivity index (χ0v) is 9.26. The summed E-state index contributed by atoms with van der Waals surface area (Å²) < 4.78 is 74.2. The van der Waals surface area contributed by atoms with E-state index in [0.717, 1.165) is 11.4 Å². The topological polar surface area (TPSA) is 66.4 Å². The van der Waals surface area contributed by atoms with Gasteiger partial charge in [-0.25, -0.2) is 9.18 Å². The molecule has 10 heteroatoms. The molecule has 1 amide bonds. The van der Waals surface area contributed by atoms with Crippen molar-refractivity contribution in [3.8, 4) is 0 Å². The summed E-state index contributed by atoms with van der Waals surface area (Å²) in [5, 5.41) is 9.67. The summed E-state index contributed by atoms with van der Waals surface area (Å²) in [4.78, 5) is 21.5. The van der Waals surface area contributed by atoms with Gasteiger partial charge in [0, 0.05) is 0 Å². The fourth-order valence-electron chi connectivity index (χ4n) is 1.18. The van der Waals surface area contributed by atoms with E-state index in [1.807, 2.05) is 0 Å². The molecule has 20 heavy (non-hydrogen) atoms. The Bertz CT molecular complexity index is 554. The first-order valence-electron chi connectivity index (χ1n) is 4.76. The number of carboxylic acids is 1. The van der Waals surface area contributed by atoms with E-state index >= 15 is 0 Å². The molecule has 1 rings (SSSR count). The smallest absolute Gasteiger partial charge is 0.463 e. The molecule has 1 aromatic carbocycles. The monoisotopic (exact) mass is 301 g/mol. The van der Waals surface area contributed by atoms with Crippen LogP contribution in [0.15, 0.2) is 18.2 Å². The minimum Gasteiger partial charge on any atom is -0.478 e. The SMILES string of the molecule is O=C(O)c1c(F)cccc1NC(=O)C(F)(F)C(F)(F)F. The van der Waals surface area contributed by atoms with Gasteiger partial charge >= 0.3 is 24.0 Å². The fraction of sp³-hybridized carbons (Fsp3) is 0.200. The van der Waals surface area contributed by atoms with Crippen LogP contribution in [-0.2, 0) is 4.79 Å². The molecular weight excluding hydrogens is 296 g/mol. The Hall–Kier alpha value is -2.26. The first kappa shape index (κ1) is 15.8. The molecule has 0 aliphatic rings. The Labute approximate surface area is 107 Å². The van der Waals surface area contributed by atoms with Gasteiger partial charge in [-0.3, -0.25) is 4.79 Å². The molecule has 0 saturated heterocycles. The van der Waals surface area contributed by atoms with E-state index < -0.39 is 41.0 Å². The second kappa shape index (κ2) is 5.02. The minimum absolute atomic E-state index is 0.640. The van der Waals surface area contributed by atoms with E-state index in [1.165, 1.54) is 0 Å². The molecule has 0 spiro atoms. The molecule has 1 aromatic rings. The van der Waals surface area contributed by atoms with Crippen molar-refractivity contribution in [2.75, 3.05) is 5.32 Å². The summed E-state index contributed by atoms with van der Waals surface area (Å²) in [7, 11) is 0. The number of nitrogens with one attached hydrogen (secondary N) is 1. The van der Waals surface area contributed by atoms with E-state index in [9.17, 15) is 35.9 Å². The number of halogens is 6. The van der Waals surface area contributed by atoms with Gasteiger partial charge in [0.1, 0.15) is 11.4 Å². The number of alkyl halides is 5. The molecular formula is C10H5F6NO3. The van der Waals surface area contributed by atoms with Gasteiger partial charge in [0.05, 0.1) is 5.69 Å². The lowest BCUT2D eigenvalue weighted by Gasteiger charge is -2.19. The second-order valence-electron chi connectivity index (χ2n) is 3.49. The van der Waals surface area contributed by atoms with E-state index in [4.69, 9.17) is 5.11 Å². The third-order valence-corrected chi connectivity index (χ3v) is 2.12. The fourth-order valence-corrected chi connectivity index (χ4v) is 1.18. The number of anilines is 1. The zero-order chi connectivity index (χ0) is 15.7. The number of hydrogen-bond acceptors (Lipinski definition) is 2. The van der Waals surface area contributed by atoms with E-state index in [1.54, 1.807) is 0 Å². The van der Waals surface area contributed by atoms with Crippen molar-refractivity contribution in [2.24, 2.45) is 0 Å². The molecule has 0 radical (unpaired) electrons. The molecule has 0 aliphatic carbocycles. The number of carbonyl (C=O) groups is 2.